The molecule has 0 spiro atoms. The van der Waals surface area contributed by atoms with Crippen LogP contribution in [0.4, 0.5) is 0 Å². The fraction of sp³-hybridized carbons (Fsp3) is 0.588. The first-order valence-corrected chi connectivity index (χ1v) is 8.43. The summed E-state index contributed by atoms with van der Waals surface area (Å²) in [5.74, 6) is 1.53. The minimum absolute atomic E-state index is 0. The van der Waals surface area contributed by atoms with E-state index in [9.17, 15) is 0 Å². The average Bonchev–Trinajstić information content (AvgIpc) is 2.57. The first kappa shape index (κ1) is 23.3. The number of hydrogen-bond donors (Lipinski definition) is 2. The molecular formula is C17H29ClIN3O2. The highest BCUT2D eigenvalue weighted by molar-refractivity contribution is 14.0. The van der Waals surface area contributed by atoms with Gasteiger partial charge in [-0.3, -0.25) is 4.99 Å². The molecule has 0 heterocycles. The van der Waals surface area contributed by atoms with Gasteiger partial charge in [-0.05, 0) is 25.0 Å². The molecule has 1 aromatic carbocycles. The van der Waals surface area contributed by atoms with Crippen molar-refractivity contribution in [2.45, 2.75) is 32.7 Å². The van der Waals surface area contributed by atoms with Gasteiger partial charge in [0.1, 0.15) is 5.75 Å². The first-order valence-electron chi connectivity index (χ1n) is 8.06. The van der Waals surface area contributed by atoms with E-state index in [-0.39, 0.29) is 24.0 Å². The highest BCUT2D eigenvalue weighted by atomic mass is 127. The van der Waals surface area contributed by atoms with Gasteiger partial charge in [0, 0.05) is 43.9 Å². The van der Waals surface area contributed by atoms with Crippen LogP contribution in [-0.2, 0) is 11.3 Å². The number of benzene rings is 1. The summed E-state index contributed by atoms with van der Waals surface area (Å²) < 4.78 is 10.9. The van der Waals surface area contributed by atoms with Gasteiger partial charge in [0.05, 0.1) is 7.11 Å². The number of nitrogens with one attached hydrogen (secondary N) is 2. The van der Waals surface area contributed by atoms with Crippen LogP contribution in [0.25, 0.3) is 0 Å². The van der Waals surface area contributed by atoms with Crippen LogP contribution in [0.5, 0.6) is 5.75 Å². The SMILES string of the molecule is CCCCOCCCNC(=NC)NCc1ccc(Cl)cc1OC.I. The molecule has 0 bridgehead atoms. The summed E-state index contributed by atoms with van der Waals surface area (Å²) in [5, 5.41) is 7.20. The van der Waals surface area contributed by atoms with Gasteiger partial charge in [-0.25, -0.2) is 0 Å². The molecule has 0 fully saturated rings. The lowest BCUT2D eigenvalue weighted by Crippen LogP contribution is -2.37. The fourth-order valence-electron chi connectivity index (χ4n) is 1.99. The van der Waals surface area contributed by atoms with Gasteiger partial charge >= 0.3 is 0 Å². The van der Waals surface area contributed by atoms with Crippen molar-refractivity contribution in [3.05, 3.63) is 28.8 Å². The minimum atomic E-state index is 0. The number of ether oxygens (including phenoxy) is 2. The molecule has 0 unspecified atom stereocenters. The zero-order valence-electron chi connectivity index (χ0n) is 14.7. The maximum atomic E-state index is 5.97. The fourth-order valence-corrected chi connectivity index (χ4v) is 2.16. The van der Waals surface area contributed by atoms with Gasteiger partial charge < -0.3 is 20.1 Å². The molecule has 0 aromatic heterocycles. The minimum Gasteiger partial charge on any atom is -0.496 e. The summed E-state index contributed by atoms with van der Waals surface area (Å²) in [6.45, 7) is 5.22. The van der Waals surface area contributed by atoms with Crippen molar-refractivity contribution < 1.29 is 9.47 Å². The van der Waals surface area contributed by atoms with E-state index < -0.39 is 0 Å². The zero-order valence-corrected chi connectivity index (χ0v) is 17.8. The quantitative estimate of drug-likeness (QED) is 0.237. The maximum Gasteiger partial charge on any atom is 0.191 e. The summed E-state index contributed by atoms with van der Waals surface area (Å²) in [4.78, 5) is 4.21. The van der Waals surface area contributed by atoms with E-state index >= 15 is 0 Å². The van der Waals surface area contributed by atoms with Crippen LogP contribution in [0.15, 0.2) is 23.2 Å². The molecule has 0 atom stereocenters. The molecular weight excluding hydrogens is 441 g/mol. The van der Waals surface area contributed by atoms with E-state index in [0.29, 0.717) is 11.6 Å². The summed E-state index contributed by atoms with van der Waals surface area (Å²) in [6.07, 6.45) is 3.25. The van der Waals surface area contributed by atoms with E-state index in [1.807, 2.05) is 18.2 Å². The Morgan fingerprint density at radius 2 is 1.96 bits per heavy atom. The first-order chi connectivity index (χ1) is 11.2. The third-order valence-electron chi connectivity index (χ3n) is 3.32. The van der Waals surface area contributed by atoms with Crippen LogP contribution in [0, 0.1) is 0 Å². The molecule has 5 nitrogen and oxygen atoms in total. The van der Waals surface area contributed by atoms with E-state index in [0.717, 1.165) is 49.9 Å². The van der Waals surface area contributed by atoms with Crippen LogP contribution in [-0.4, -0.2) is 39.9 Å². The predicted octanol–water partition coefficient (Wildman–Crippen LogP) is 3.84. The van der Waals surface area contributed by atoms with Crippen molar-refractivity contribution >= 4 is 41.5 Å². The molecule has 7 heteroatoms. The molecule has 0 radical (unpaired) electrons. The van der Waals surface area contributed by atoms with E-state index in [1.165, 1.54) is 6.42 Å². The number of unbranched alkanes of at least 4 members (excludes halogenated alkanes) is 1. The monoisotopic (exact) mass is 469 g/mol. The lowest BCUT2D eigenvalue weighted by atomic mass is 10.2. The summed E-state index contributed by atoms with van der Waals surface area (Å²) >= 11 is 5.97. The van der Waals surface area contributed by atoms with Crippen molar-refractivity contribution in [2.75, 3.05) is 33.9 Å². The Morgan fingerprint density at radius 3 is 2.62 bits per heavy atom. The third kappa shape index (κ3) is 9.54. The number of methoxy groups -OCH3 is 1. The molecule has 138 valence electrons. The van der Waals surface area contributed by atoms with E-state index in [1.54, 1.807) is 14.2 Å². The van der Waals surface area contributed by atoms with Gasteiger partial charge in [0.25, 0.3) is 0 Å². The molecule has 0 saturated heterocycles. The number of nitrogens with zero attached hydrogens (tertiary/aromatic N) is 1. The van der Waals surface area contributed by atoms with Crippen molar-refractivity contribution in [1.82, 2.24) is 10.6 Å². The topological polar surface area (TPSA) is 54.9 Å². The Morgan fingerprint density at radius 1 is 1.21 bits per heavy atom. The molecule has 0 aliphatic carbocycles. The number of guanidine groups is 1. The molecule has 1 aromatic rings. The Hall–Kier alpha value is -0.730. The van der Waals surface area contributed by atoms with Crippen LogP contribution < -0.4 is 15.4 Å². The van der Waals surface area contributed by atoms with Gasteiger partial charge in [-0.15, -0.1) is 24.0 Å². The van der Waals surface area contributed by atoms with Crippen LogP contribution >= 0.6 is 35.6 Å². The van der Waals surface area contributed by atoms with E-state index in [4.69, 9.17) is 21.1 Å². The Balaban J connectivity index is 0.00000529. The second-order valence-electron chi connectivity index (χ2n) is 5.13. The van der Waals surface area contributed by atoms with Crippen LogP contribution in [0.3, 0.4) is 0 Å². The Bertz CT molecular complexity index is 487. The molecule has 0 amide bonds. The molecule has 1 rings (SSSR count). The molecule has 2 N–H and O–H groups in total. The zero-order chi connectivity index (χ0) is 16.9. The number of aliphatic imine (C=N–C) groups is 1. The average molecular weight is 470 g/mol. The van der Waals surface area contributed by atoms with Gasteiger partial charge in [-0.2, -0.15) is 0 Å². The van der Waals surface area contributed by atoms with Crippen molar-refractivity contribution in [3.63, 3.8) is 0 Å². The van der Waals surface area contributed by atoms with Gasteiger partial charge in [0.15, 0.2) is 5.96 Å². The molecule has 0 saturated carbocycles. The van der Waals surface area contributed by atoms with Gasteiger partial charge in [0.2, 0.25) is 0 Å². The van der Waals surface area contributed by atoms with E-state index in [2.05, 4.69) is 22.5 Å². The lowest BCUT2D eigenvalue weighted by molar-refractivity contribution is 0.129. The highest BCUT2D eigenvalue weighted by Gasteiger charge is 2.05. The number of hydrogen-bond acceptors (Lipinski definition) is 3. The number of rotatable bonds is 10. The smallest absolute Gasteiger partial charge is 0.191 e. The number of halogens is 2. The van der Waals surface area contributed by atoms with Crippen molar-refractivity contribution in [2.24, 2.45) is 4.99 Å². The van der Waals surface area contributed by atoms with Crippen LogP contribution in [0.1, 0.15) is 31.7 Å². The van der Waals surface area contributed by atoms with Gasteiger partial charge in [-0.1, -0.05) is 31.0 Å². The largest absolute Gasteiger partial charge is 0.496 e. The second kappa shape index (κ2) is 14.6. The second-order valence-corrected chi connectivity index (χ2v) is 5.56. The highest BCUT2D eigenvalue weighted by Crippen LogP contribution is 2.22. The summed E-state index contributed by atoms with van der Waals surface area (Å²) in [5.41, 5.74) is 1.03. The predicted molar refractivity (Wildman–Crippen MR) is 112 cm³/mol. The maximum absolute atomic E-state index is 5.97. The molecule has 24 heavy (non-hydrogen) atoms. The summed E-state index contributed by atoms with van der Waals surface area (Å²) in [7, 11) is 3.40. The molecule has 0 aliphatic heterocycles. The Labute approximate surface area is 167 Å². The molecule has 0 aliphatic rings. The van der Waals surface area contributed by atoms with Crippen molar-refractivity contribution in [3.8, 4) is 5.75 Å². The standard InChI is InChI=1S/C17H28ClN3O2.HI/c1-4-5-10-23-11-6-9-20-17(19-2)21-13-14-7-8-15(18)12-16(14)22-3;/h7-8,12H,4-6,9-11,13H2,1-3H3,(H2,19,20,21);1H. The summed E-state index contributed by atoms with van der Waals surface area (Å²) in [6, 6.07) is 5.61. The Kier molecular flexibility index (Phi) is 14.2. The lowest BCUT2D eigenvalue weighted by Gasteiger charge is -2.14. The third-order valence-corrected chi connectivity index (χ3v) is 3.55. The van der Waals surface area contributed by atoms with Crippen LogP contribution in [0.2, 0.25) is 5.02 Å². The van der Waals surface area contributed by atoms with Crippen molar-refractivity contribution in [1.29, 1.82) is 0 Å². The normalized spacial score (nSPS) is 10.9.